The lowest BCUT2D eigenvalue weighted by Crippen LogP contribution is -2.35. The fraction of sp³-hybridized carbons (Fsp3) is 0.259. The second-order valence-electron chi connectivity index (χ2n) is 8.63. The van der Waals surface area contributed by atoms with Gasteiger partial charge in [0.1, 0.15) is 17.4 Å². The predicted molar refractivity (Wildman–Crippen MR) is 143 cm³/mol. The van der Waals surface area contributed by atoms with Crippen molar-refractivity contribution in [3.63, 3.8) is 0 Å². The summed E-state index contributed by atoms with van der Waals surface area (Å²) in [6.45, 7) is 7.35. The number of aryl methyl sites for hydroxylation is 2. The number of amides is 1. The van der Waals surface area contributed by atoms with Crippen molar-refractivity contribution < 1.29 is 9.53 Å². The number of amidine groups is 2. The van der Waals surface area contributed by atoms with Crippen LogP contribution in [0.15, 0.2) is 64.3 Å². The highest BCUT2D eigenvalue weighted by atomic mass is 32.2. The molecule has 0 aliphatic carbocycles. The molecule has 7 nitrogen and oxygen atoms in total. The maximum absolute atomic E-state index is 12.8. The van der Waals surface area contributed by atoms with Crippen molar-refractivity contribution in [2.45, 2.75) is 40.2 Å². The van der Waals surface area contributed by atoms with E-state index in [9.17, 15) is 4.79 Å². The van der Waals surface area contributed by atoms with Crippen molar-refractivity contribution in [3.05, 3.63) is 70.9 Å². The predicted octanol–water partition coefficient (Wildman–Crippen LogP) is 5.76. The monoisotopic (exact) mass is 485 g/mol. The summed E-state index contributed by atoms with van der Waals surface area (Å²) in [7, 11) is 0. The highest BCUT2D eigenvalue weighted by Gasteiger charge is 2.35. The van der Waals surface area contributed by atoms with Crippen molar-refractivity contribution in [2.24, 2.45) is 10.1 Å². The number of ether oxygens (including phenoxy) is 1. The van der Waals surface area contributed by atoms with Crippen molar-refractivity contribution in [2.75, 3.05) is 6.61 Å². The molecule has 0 spiro atoms. The molecule has 35 heavy (non-hydrogen) atoms. The Labute approximate surface area is 208 Å². The molecule has 0 radical (unpaired) electrons. The third kappa shape index (κ3) is 4.41. The number of aliphatic imine (C=N–C) groups is 1. The van der Waals surface area contributed by atoms with Crippen LogP contribution in [0, 0.1) is 19.3 Å². The minimum absolute atomic E-state index is 0.0637. The van der Waals surface area contributed by atoms with E-state index in [0.717, 1.165) is 51.2 Å². The number of aromatic nitrogens is 1. The fourth-order valence-electron chi connectivity index (χ4n) is 4.35. The van der Waals surface area contributed by atoms with E-state index in [1.165, 1.54) is 16.8 Å². The number of fused-ring (bicyclic) bond motifs is 2. The van der Waals surface area contributed by atoms with E-state index in [4.69, 9.17) is 10.1 Å². The first-order valence-corrected chi connectivity index (χ1v) is 12.5. The number of carbonyl (C=O) groups excluding carboxylic acids is 1. The van der Waals surface area contributed by atoms with Gasteiger partial charge >= 0.3 is 0 Å². The number of hydrazone groups is 1. The van der Waals surface area contributed by atoms with E-state index in [-0.39, 0.29) is 11.4 Å². The standard InChI is InChI=1S/C27H27N5O2S/c1-4-8-23-30-32-25(28)21(26(33)29-27(32)35-23)15-19-16-31(22-12-6-5-11-20(19)22)13-14-34-24-17(2)9-7-10-18(24)3/h5-7,9-12,15-16,28H,4,8,13-14H2,1-3H3/b21-15+,28-25?. The van der Waals surface area contributed by atoms with Gasteiger partial charge in [0.15, 0.2) is 5.84 Å². The Morgan fingerprint density at radius 1 is 1.11 bits per heavy atom. The molecule has 3 aromatic rings. The number of hydrogen-bond acceptors (Lipinski definition) is 5. The lowest BCUT2D eigenvalue weighted by Gasteiger charge is -2.20. The van der Waals surface area contributed by atoms with Crippen LogP contribution in [0.5, 0.6) is 5.75 Å². The van der Waals surface area contributed by atoms with Gasteiger partial charge in [-0.05, 0) is 61.7 Å². The Morgan fingerprint density at radius 3 is 2.66 bits per heavy atom. The highest BCUT2D eigenvalue weighted by molar-refractivity contribution is 8.26. The van der Waals surface area contributed by atoms with Gasteiger partial charge in [0.2, 0.25) is 5.17 Å². The molecule has 1 amide bonds. The van der Waals surface area contributed by atoms with Crippen LogP contribution in [0.4, 0.5) is 0 Å². The Hall–Kier alpha value is -3.65. The zero-order valence-electron chi connectivity index (χ0n) is 20.0. The van der Waals surface area contributed by atoms with Gasteiger partial charge in [-0.2, -0.15) is 15.1 Å². The van der Waals surface area contributed by atoms with Gasteiger partial charge in [-0.1, -0.05) is 43.3 Å². The van der Waals surface area contributed by atoms with Crippen molar-refractivity contribution in [1.82, 2.24) is 9.58 Å². The molecule has 0 bridgehead atoms. The molecule has 0 atom stereocenters. The molecular formula is C27H27N5O2S. The number of thioether (sulfide) groups is 1. The number of rotatable bonds is 7. The van der Waals surface area contributed by atoms with Gasteiger partial charge in [-0.3, -0.25) is 10.2 Å². The van der Waals surface area contributed by atoms with Gasteiger partial charge in [0.25, 0.3) is 5.91 Å². The van der Waals surface area contributed by atoms with Gasteiger partial charge < -0.3 is 9.30 Å². The number of hydrogen-bond donors (Lipinski definition) is 1. The maximum atomic E-state index is 12.8. The van der Waals surface area contributed by atoms with Crippen LogP contribution < -0.4 is 4.74 Å². The second-order valence-corrected chi connectivity index (χ2v) is 9.67. The van der Waals surface area contributed by atoms with E-state index in [1.807, 2.05) is 30.5 Å². The summed E-state index contributed by atoms with van der Waals surface area (Å²) in [5.41, 5.74) is 4.39. The number of nitrogens with zero attached hydrogens (tertiary/aromatic N) is 4. The van der Waals surface area contributed by atoms with Crippen LogP contribution in [0.25, 0.3) is 17.0 Å². The van der Waals surface area contributed by atoms with Gasteiger partial charge in [-0.15, -0.1) is 0 Å². The average Bonchev–Trinajstić information content (AvgIpc) is 3.40. The van der Waals surface area contributed by atoms with E-state index in [2.05, 4.69) is 53.6 Å². The van der Waals surface area contributed by atoms with Gasteiger partial charge in [0, 0.05) is 22.7 Å². The SMILES string of the molecule is CCCC1=NN2C(=N)/C(=C\c3cn(CCOc4c(C)cccc4C)c4ccccc34)C(=O)N=C2S1. The Kier molecular flexibility index (Phi) is 6.30. The molecule has 178 valence electrons. The lowest BCUT2D eigenvalue weighted by molar-refractivity contribution is -0.114. The molecular weight excluding hydrogens is 458 g/mol. The Bertz CT molecular complexity index is 1410. The van der Waals surface area contributed by atoms with E-state index < -0.39 is 5.91 Å². The van der Waals surface area contributed by atoms with Crippen LogP contribution in [0.1, 0.15) is 36.5 Å². The topological polar surface area (TPSA) is 83.0 Å². The minimum atomic E-state index is -0.406. The summed E-state index contributed by atoms with van der Waals surface area (Å²) < 4.78 is 8.25. The molecule has 0 unspecified atom stereocenters. The van der Waals surface area contributed by atoms with Crippen molar-refractivity contribution in [3.8, 4) is 5.75 Å². The zero-order valence-corrected chi connectivity index (χ0v) is 20.9. The highest BCUT2D eigenvalue weighted by Crippen LogP contribution is 2.31. The third-order valence-electron chi connectivity index (χ3n) is 6.07. The quantitative estimate of drug-likeness (QED) is 0.432. The third-order valence-corrected chi connectivity index (χ3v) is 7.04. The lowest BCUT2D eigenvalue weighted by atomic mass is 10.1. The first-order valence-electron chi connectivity index (χ1n) is 11.7. The van der Waals surface area contributed by atoms with E-state index >= 15 is 0 Å². The fourth-order valence-corrected chi connectivity index (χ4v) is 5.34. The van der Waals surface area contributed by atoms with Crippen LogP contribution >= 0.6 is 11.8 Å². The van der Waals surface area contributed by atoms with Crippen LogP contribution in [-0.4, -0.2) is 38.1 Å². The average molecular weight is 486 g/mol. The number of carbonyl (C=O) groups is 1. The zero-order chi connectivity index (χ0) is 24.5. The first-order chi connectivity index (χ1) is 17.0. The molecule has 0 saturated carbocycles. The van der Waals surface area contributed by atoms with Gasteiger partial charge in [-0.25, -0.2) is 0 Å². The van der Waals surface area contributed by atoms with Crippen molar-refractivity contribution >= 4 is 50.7 Å². The molecule has 5 rings (SSSR count). The Balaban J connectivity index is 1.43. The normalized spacial score (nSPS) is 16.7. The smallest absolute Gasteiger partial charge is 0.283 e. The molecule has 2 aliphatic heterocycles. The molecule has 0 fully saturated rings. The molecule has 3 heterocycles. The number of benzene rings is 2. The van der Waals surface area contributed by atoms with E-state index in [1.54, 1.807) is 6.08 Å². The minimum Gasteiger partial charge on any atom is -0.491 e. The first kappa shape index (κ1) is 23.1. The maximum Gasteiger partial charge on any atom is 0.283 e. The number of nitrogens with one attached hydrogen (secondary N) is 1. The summed E-state index contributed by atoms with van der Waals surface area (Å²) in [6.07, 6.45) is 5.52. The van der Waals surface area contributed by atoms with Gasteiger partial charge in [0.05, 0.1) is 12.1 Å². The Morgan fingerprint density at radius 2 is 1.89 bits per heavy atom. The second kappa shape index (κ2) is 9.54. The molecule has 1 N–H and O–H groups in total. The molecule has 2 aromatic carbocycles. The largest absolute Gasteiger partial charge is 0.491 e. The summed E-state index contributed by atoms with van der Waals surface area (Å²) in [5, 5.41) is 17.0. The molecule has 2 aliphatic rings. The summed E-state index contributed by atoms with van der Waals surface area (Å²) in [4.78, 5) is 17.0. The summed E-state index contributed by atoms with van der Waals surface area (Å²) >= 11 is 1.37. The summed E-state index contributed by atoms with van der Waals surface area (Å²) in [5.74, 6) is 0.582. The molecule has 0 saturated heterocycles. The number of para-hydroxylation sites is 2. The van der Waals surface area contributed by atoms with Crippen LogP contribution in [0.2, 0.25) is 0 Å². The molecule has 1 aromatic heterocycles. The van der Waals surface area contributed by atoms with E-state index in [0.29, 0.717) is 18.3 Å². The van der Waals surface area contributed by atoms with Crippen LogP contribution in [0.3, 0.4) is 0 Å². The van der Waals surface area contributed by atoms with Crippen molar-refractivity contribution in [1.29, 1.82) is 5.41 Å². The summed E-state index contributed by atoms with van der Waals surface area (Å²) in [6, 6.07) is 14.2. The van der Waals surface area contributed by atoms with Crippen LogP contribution in [-0.2, 0) is 11.3 Å². The molecule has 8 heteroatoms.